The highest BCUT2D eigenvalue weighted by Crippen LogP contribution is 2.31. The van der Waals surface area contributed by atoms with Gasteiger partial charge in [0.1, 0.15) is 11.7 Å². The molecule has 0 spiro atoms. The van der Waals surface area contributed by atoms with Crippen LogP contribution in [0.3, 0.4) is 0 Å². The van der Waals surface area contributed by atoms with E-state index in [2.05, 4.69) is 15.6 Å². The van der Waals surface area contributed by atoms with Crippen LogP contribution in [0.4, 0.5) is 10.5 Å². The predicted molar refractivity (Wildman–Crippen MR) is 103 cm³/mol. The number of carbonyl (C=O) groups excluding carboxylic acids is 1. The van der Waals surface area contributed by atoms with Crippen molar-refractivity contribution in [2.24, 2.45) is 0 Å². The minimum atomic E-state index is -1.06. The number of fused-ring (bicyclic) bond motifs is 1. The van der Waals surface area contributed by atoms with Crippen LogP contribution in [0.2, 0.25) is 0 Å². The molecule has 0 bridgehead atoms. The monoisotopic (exact) mass is 385 g/mol. The summed E-state index contributed by atoms with van der Waals surface area (Å²) in [4.78, 5) is 27.6. The van der Waals surface area contributed by atoms with Crippen LogP contribution in [0, 0.1) is 0 Å². The molecule has 0 saturated carbocycles. The molecule has 2 atom stereocenters. The van der Waals surface area contributed by atoms with Crippen LogP contribution in [-0.2, 0) is 4.74 Å². The van der Waals surface area contributed by atoms with Gasteiger partial charge in [0.25, 0.3) is 0 Å². The number of carbonyl (C=O) groups is 2. The van der Waals surface area contributed by atoms with E-state index in [0.717, 1.165) is 5.56 Å². The fourth-order valence-electron chi connectivity index (χ4n) is 2.86. The maximum absolute atomic E-state index is 12.4. The third-order valence-corrected chi connectivity index (χ3v) is 4.06. The van der Waals surface area contributed by atoms with Gasteiger partial charge in [-0.15, -0.1) is 0 Å². The Labute approximate surface area is 162 Å². The topological polar surface area (TPSA) is 110 Å². The van der Waals surface area contributed by atoms with Crippen molar-refractivity contribution in [2.75, 3.05) is 11.9 Å². The SMILES string of the molecule is CC(C)(C)OC(=O)N[C@H](c1ccccc1)[C@@H]1CNc2cc(C(=O)O)cnc2O1. The smallest absolute Gasteiger partial charge is 0.408 e. The highest BCUT2D eigenvalue weighted by atomic mass is 16.6. The van der Waals surface area contributed by atoms with Gasteiger partial charge in [-0.1, -0.05) is 30.3 Å². The fourth-order valence-corrected chi connectivity index (χ4v) is 2.86. The number of hydrogen-bond acceptors (Lipinski definition) is 6. The lowest BCUT2D eigenvalue weighted by Crippen LogP contribution is -2.46. The number of carboxylic acids is 1. The summed E-state index contributed by atoms with van der Waals surface area (Å²) in [6.07, 6.45) is 0.222. The third-order valence-electron chi connectivity index (χ3n) is 4.06. The van der Waals surface area contributed by atoms with Gasteiger partial charge in [0.15, 0.2) is 0 Å². The van der Waals surface area contributed by atoms with E-state index < -0.39 is 29.8 Å². The lowest BCUT2D eigenvalue weighted by Gasteiger charge is -2.33. The number of carboxylic acid groups (broad SMARTS) is 1. The number of ether oxygens (including phenoxy) is 2. The second-order valence-electron chi connectivity index (χ2n) is 7.45. The predicted octanol–water partition coefficient (Wildman–Crippen LogP) is 3.22. The van der Waals surface area contributed by atoms with Crippen LogP contribution in [0.5, 0.6) is 5.88 Å². The molecule has 1 aromatic heterocycles. The van der Waals surface area contributed by atoms with Gasteiger partial charge in [-0.3, -0.25) is 0 Å². The molecule has 0 radical (unpaired) electrons. The molecule has 2 aromatic rings. The number of anilines is 1. The average molecular weight is 385 g/mol. The first-order valence-electron chi connectivity index (χ1n) is 8.91. The Morgan fingerprint density at radius 3 is 2.68 bits per heavy atom. The van der Waals surface area contributed by atoms with E-state index in [9.17, 15) is 9.59 Å². The highest BCUT2D eigenvalue weighted by Gasteiger charge is 2.32. The lowest BCUT2D eigenvalue weighted by atomic mass is 10.0. The minimum Gasteiger partial charge on any atom is -0.478 e. The first-order valence-corrected chi connectivity index (χ1v) is 8.91. The van der Waals surface area contributed by atoms with Gasteiger partial charge >= 0.3 is 12.1 Å². The first-order chi connectivity index (χ1) is 13.2. The van der Waals surface area contributed by atoms with Gasteiger partial charge in [-0.05, 0) is 32.4 Å². The maximum Gasteiger partial charge on any atom is 0.408 e. The Balaban J connectivity index is 1.83. The molecule has 8 heteroatoms. The Hall–Kier alpha value is -3.29. The second-order valence-corrected chi connectivity index (χ2v) is 7.45. The van der Waals surface area contributed by atoms with Crippen molar-refractivity contribution in [3.63, 3.8) is 0 Å². The van der Waals surface area contributed by atoms with E-state index >= 15 is 0 Å². The van der Waals surface area contributed by atoms with Crippen molar-refractivity contribution in [2.45, 2.75) is 38.5 Å². The first kappa shape index (κ1) is 19.5. The van der Waals surface area contributed by atoms with E-state index in [1.807, 2.05) is 30.3 Å². The molecular weight excluding hydrogens is 362 g/mol. The summed E-state index contributed by atoms with van der Waals surface area (Å²) in [7, 11) is 0. The van der Waals surface area contributed by atoms with Gasteiger partial charge in [0.05, 0.1) is 23.8 Å². The summed E-state index contributed by atoms with van der Waals surface area (Å²) in [5.41, 5.74) is 0.795. The summed E-state index contributed by atoms with van der Waals surface area (Å²) in [6, 6.07) is 10.4. The van der Waals surface area contributed by atoms with Gasteiger partial charge < -0.3 is 25.2 Å². The van der Waals surface area contributed by atoms with Gasteiger partial charge in [0, 0.05) is 6.20 Å². The highest BCUT2D eigenvalue weighted by molar-refractivity contribution is 5.88. The van der Waals surface area contributed by atoms with Crippen molar-refractivity contribution in [3.8, 4) is 5.88 Å². The summed E-state index contributed by atoms with van der Waals surface area (Å²) in [5.74, 6) is -0.777. The zero-order chi connectivity index (χ0) is 20.3. The molecule has 2 heterocycles. The number of aromatic nitrogens is 1. The van der Waals surface area contributed by atoms with E-state index in [4.69, 9.17) is 14.6 Å². The fraction of sp³-hybridized carbons (Fsp3) is 0.350. The van der Waals surface area contributed by atoms with E-state index in [-0.39, 0.29) is 11.4 Å². The summed E-state index contributed by atoms with van der Waals surface area (Å²) < 4.78 is 11.4. The second kappa shape index (κ2) is 7.75. The van der Waals surface area contributed by atoms with Crippen molar-refractivity contribution < 1.29 is 24.2 Å². The Morgan fingerprint density at radius 2 is 2.04 bits per heavy atom. The zero-order valence-corrected chi connectivity index (χ0v) is 15.9. The summed E-state index contributed by atoms with van der Waals surface area (Å²) in [5, 5.41) is 15.1. The van der Waals surface area contributed by atoms with E-state index in [0.29, 0.717) is 12.2 Å². The third kappa shape index (κ3) is 4.70. The summed E-state index contributed by atoms with van der Waals surface area (Å²) >= 11 is 0. The van der Waals surface area contributed by atoms with E-state index in [1.54, 1.807) is 20.8 Å². The number of alkyl carbamates (subject to hydrolysis) is 1. The Bertz CT molecular complexity index is 864. The van der Waals surface area contributed by atoms with Crippen LogP contribution in [0.1, 0.15) is 42.7 Å². The number of benzene rings is 1. The molecule has 0 saturated heterocycles. The van der Waals surface area contributed by atoms with Crippen molar-refractivity contribution in [1.29, 1.82) is 0 Å². The maximum atomic E-state index is 12.4. The molecule has 0 aliphatic carbocycles. The van der Waals surface area contributed by atoms with Crippen molar-refractivity contribution in [1.82, 2.24) is 10.3 Å². The normalized spacial score (nSPS) is 16.8. The number of hydrogen-bond donors (Lipinski definition) is 3. The number of pyridine rings is 1. The van der Waals surface area contributed by atoms with Gasteiger partial charge in [0.2, 0.25) is 5.88 Å². The number of aromatic carboxylic acids is 1. The van der Waals surface area contributed by atoms with Crippen LogP contribution in [0.15, 0.2) is 42.6 Å². The number of amides is 1. The molecule has 1 aliphatic rings. The van der Waals surface area contributed by atoms with Crippen LogP contribution >= 0.6 is 0 Å². The minimum absolute atomic E-state index is 0.0692. The van der Waals surface area contributed by atoms with Crippen molar-refractivity contribution in [3.05, 3.63) is 53.7 Å². The molecule has 148 valence electrons. The molecule has 0 fully saturated rings. The Morgan fingerprint density at radius 1 is 1.32 bits per heavy atom. The van der Waals surface area contributed by atoms with Gasteiger partial charge in [-0.2, -0.15) is 0 Å². The van der Waals surface area contributed by atoms with Crippen LogP contribution in [-0.4, -0.2) is 40.4 Å². The van der Waals surface area contributed by atoms with Crippen LogP contribution < -0.4 is 15.4 Å². The van der Waals surface area contributed by atoms with Gasteiger partial charge in [-0.25, -0.2) is 14.6 Å². The van der Waals surface area contributed by atoms with Crippen LogP contribution in [0.25, 0.3) is 0 Å². The largest absolute Gasteiger partial charge is 0.478 e. The molecule has 1 aliphatic heterocycles. The molecule has 0 unspecified atom stereocenters. The quantitative estimate of drug-likeness (QED) is 0.741. The standard InChI is InChI=1S/C20H23N3O5/c1-20(2,3)28-19(26)23-16(12-7-5-4-6-8-12)15-11-21-14-9-13(18(24)25)10-22-17(14)27-15/h4-10,15-16,21H,11H2,1-3H3,(H,23,26)(H,24,25)/t15-,16+/m0/s1. The number of nitrogens with one attached hydrogen (secondary N) is 2. The molecular formula is C20H23N3O5. The number of nitrogens with zero attached hydrogens (tertiary/aromatic N) is 1. The van der Waals surface area contributed by atoms with Crippen molar-refractivity contribution >= 4 is 17.7 Å². The Kier molecular flexibility index (Phi) is 5.39. The molecule has 3 rings (SSSR count). The lowest BCUT2D eigenvalue weighted by molar-refractivity contribution is 0.0442. The summed E-state index contributed by atoms with van der Waals surface area (Å²) in [6.45, 7) is 5.74. The molecule has 3 N–H and O–H groups in total. The zero-order valence-electron chi connectivity index (χ0n) is 15.9. The molecule has 1 amide bonds. The molecule has 8 nitrogen and oxygen atoms in total. The number of rotatable bonds is 4. The average Bonchev–Trinajstić information content (AvgIpc) is 2.64. The molecule has 1 aromatic carbocycles. The molecule has 28 heavy (non-hydrogen) atoms. The van der Waals surface area contributed by atoms with E-state index in [1.165, 1.54) is 12.3 Å².